The Morgan fingerprint density at radius 1 is 1.23 bits per heavy atom. The fraction of sp³-hybridized carbons (Fsp3) is 0.435. The number of aliphatic imine (C=N–C) groups is 1. The van der Waals surface area contributed by atoms with Crippen LogP contribution in [0.5, 0.6) is 0 Å². The van der Waals surface area contributed by atoms with E-state index in [-0.39, 0.29) is 5.54 Å². The molecule has 1 aliphatic heterocycles. The number of anilines is 1. The number of hydrogen-bond acceptors (Lipinski definition) is 2. The lowest BCUT2D eigenvalue weighted by atomic mass is 9.79. The number of benzene rings is 2. The molecule has 26 heavy (non-hydrogen) atoms. The van der Waals surface area contributed by atoms with Gasteiger partial charge < -0.3 is 4.90 Å². The zero-order valence-corrected chi connectivity index (χ0v) is 18.7. The van der Waals surface area contributed by atoms with Crippen molar-refractivity contribution in [3.05, 3.63) is 56.7 Å². The molecule has 0 saturated heterocycles. The van der Waals surface area contributed by atoms with E-state index >= 15 is 0 Å². The summed E-state index contributed by atoms with van der Waals surface area (Å²) in [6.07, 6.45) is 4.39. The van der Waals surface area contributed by atoms with Crippen LogP contribution in [-0.2, 0) is 0 Å². The molecule has 0 aliphatic carbocycles. The summed E-state index contributed by atoms with van der Waals surface area (Å²) in [5.74, 6) is 0.569. The predicted octanol–water partition coefficient (Wildman–Crippen LogP) is 6.85. The second-order valence-corrected chi connectivity index (χ2v) is 9.32. The zero-order valence-electron chi connectivity index (χ0n) is 16.5. The zero-order chi connectivity index (χ0) is 18.9. The molecule has 1 heterocycles. The molecule has 0 N–H and O–H groups in total. The van der Waals surface area contributed by atoms with E-state index in [0.717, 1.165) is 12.2 Å². The minimum absolute atomic E-state index is 0.214. The van der Waals surface area contributed by atoms with Crippen molar-refractivity contribution in [1.29, 1.82) is 0 Å². The van der Waals surface area contributed by atoms with Crippen LogP contribution in [0.2, 0.25) is 0 Å². The molecule has 0 fully saturated rings. The summed E-state index contributed by atoms with van der Waals surface area (Å²) in [5, 5.41) is 0. The van der Waals surface area contributed by atoms with E-state index in [1.54, 1.807) is 0 Å². The fourth-order valence-electron chi connectivity index (χ4n) is 4.11. The largest absolute Gasteiger partial charge is 0.366 e. The lowest BCUT2D eigenvalue weighted by Gasteiger charge is -2.48. The Hall–Kier alpha value is -1.36. The summed E-state index contributed by atoms with van der Waals surface area (Å²) in [4.78, 5) is 7.30. The van der Waals surface area contributed by atoms with Gasteiger partial charge in [-0.05, 0) is 115 Å². The van der Waals surface area contributed by atoms with Gasteiger partial charge in [0, 0.05) is 27.6 Å². The smallest absolute Gasteiger partial charge is 0.0630 e. The number of fused-ring (bicyclic) bond motifs is 1. The maximum absolute atomic E-state index is 4.69. The van der Waals surface area contributed by atoms with Gasteiger partial charge in [0.1, 0.15) is 0 Å². The van der Waals surface area contributed by atoms with Crippen molar-refractivity contribution in [2.24, 2.45) is 4.99 Å². The summed E-state index contributed by atoms with van der Waals surface area (Å²) >= 11 is 2.32. The molecule has 3 rings (SSSR count). The van der Waals surface area contributed by atoms with Gasteiger partial charge in [0.15, 0.2) is 0 Å². The molecule has 0 amide bonds. The third-order valence-corrected chi connectivity index (χ3v) is 6.12. The van der Waals surface area contributed by atoms with Gasteiger partial charge in [0.05, 0.1) is 5.69 Å². The minimum atomic E-state index is 0.214. The van der Waals surface area contributed by atoms with Crippen molar-refractivity contribution in [1.82, 2.24) is 0 Å². The van der Waals surface area contributed by atoms with Crippen LogP contribution in [0.4, 0.5) is 11.4 Å². The second-order valence-electron chi connectivity index (χ2n) is 8.07. The summed E-state index contributed by atoms with van der Waals surface area (Å²) in [5.41, 5.74) is 6.62. The number of hydrogen-bond donors (Lipinski definition) is 0. The van der Waals surface area contributed by atoms with Crippen molar-refractivity contribution in [3.8, 4) is 0 Å². The molecule has 0 spiro atoms. The number of rotatable bonds is 4. The molecule has 2 aromatic rings. The van der Waals surface area contributed by atoms with Crippen LogP contribution in [0.25, 0.3) is 0 Å². The number of halogens is 1. The van der Waals surface area contributed by atoms with Crippen LogP contribution in [0.1, 0.15) is 63.1 Å². The molecule has 1 unspecified atom stereocenters. The van der Waals surface area contributed by atoms with Gasteiger partial charge in [-0.2, -0.15) is 0 Å². The van der Waals surface area contributed by atoms with E-state index in [9.17, 15) is 0 Å². The molecule has 0 radical (unpaired) electrons. The van der Waals surface area contributed by atoms with Gasteiger partial charge in [-0.3, -0.25) is 4.99 Å². The van der Waals surface area contributed by atoms with Crippen LogP contribution in [0.3, 0.4) is 0 Å². The molecule has 2 nitrogen and oxygen atoms in total. The summed E-state index contributed by atoms with van der Waals surface area (Å²) < 4.78 is 1.24. The summed E-state index contributed by atoms with van der Waals surface area (Å²) in [6, 6.07) is 13.1. The fourth-order valence-corrected chi connectivity index (χ4v) is 4.47. The SMILES string of the molecule is CCCN1c2cc(C)c(C=Nc3ccc(I)cc3)cc2C(C)CC1(C)C. The average Bonchev–Trinajstić information content (AvgIpc) is 2.58. The molecule has 0 saturated carbocycles. The van der Waals surface area contributed by atoms with Gasteiger partial charge in [0.25, 0.3) is 0 Å². The van der Waals surface area contributed by atoms with E-state index < -0.39 is 0 Å². The number of aryl methyl sites for hydroxylation is 1. The summed E-state index contributed by atoms with van der Waals surface area (Å²) in [6.45, 7) is 12.7. The van der Waals surface area contributed by atoms with Crippen molar-refractivity contribution >= 4 is 40.2 Å². The van der Waals surface area contributed by atoms with Crippen molar-refractivity contribution in [2.75, 3.05) is 11.4 Å². The van der Waals surface area contributed by atoms with Crippen molar-refractivity contribution in [2.45, 2.75) is 58.9 Å². The standard InChI is InChI=1S/C23H29IN2/c1-6-11-26-22-12-16(2)18(13-21(22)17(3)14-23(26,4)5)15-25-20-9-7-19(24)8-10-20/h7-10,12-13,15,17H,6,11,14H2,1-5H3. The first kappa shape index (κ1) is 19.4. The molecule has 2 aromatic carbocycles. The predicted molar refractivity (Wildman–Crippen MR) is 122 cm³/mol. The normalized spacial score (nSPS) is 19.0. The van der Waals surface area contributed by atoms with Crippen molar-refractivity contribution in [3.63, 3.8) is 0 Å². The monoisotopic (exact) mass is 460 g/mol. The Labute approximate surface area is 171 Å². The molecule has 0 bridgehead atoms. The van der Waals surface area contributed by atoms with E-state index in [1.165, 1.54) is 38.8 Å². The van der Waals surface area contributed by atoms with E-state index in [4.69, 9.17) is 4.99 Å². The Kier molecular flexibility index (Phi) is 5.75. The highest BCUT2D eigenvalue weighted by Gasteiger charge is 2.36. The van der Waals surface area contributed by atoms with Crippen molar-refractivity contribution < 1.29 is 0 Å². The maximum Gasteiger partial charge on any atom is 0.0630 e. The lowest BCUT2D eigenvalue weighted by Crippen LogP contribution is -2.48. The molecular weight excluding hydrogens is 431 g/mol. The Balaban J connectivity index is 1.98. The Morgan fingerprint density at radius 2 is 1.92 bits per heavy atom. The van der Waals surface area contributed by atoms with Crippen LogP contribution in [0, 0.1) is 10.5 Å². The molecule has 1 atom stereocenters. The highest BCUT2D eigenvalue weighted by atomic mass is 127. The maximum atomic E-state index is 4.69. The molecule has 3 heteroatoms. The second kappa shape index (κ2) is 7.71. The lowest BCUT2D eigenvalue weighted by molar-refractivity contribution is 0.376. The summed E-state index contributed by atoms with van der Waals surface area (Å²) in [7, 11) is 0. The molecule has 1 aliphatic rings. The first-order valence-corrected chi connectivity index (χ1v) is 10.6. The Bertz CT molecular complexity index is 806. The first-order valence-electron chi connectivity index (χ1n) is 9.53. The Morgan fingerprint density at radius 3 is 2.58 bits per heavy atom. The molecule has 0 aromatic heterocycles. The van der Waals surface area contributed by atoms with E-state index in [0.29, 0.717) is 5.92 Å². The van der Waals surface area contributed by atoms with Crippen LogP contribution >= 0.6 is 22.6 Å². The third-order valence-electron chi connectivity index (χ3n) is 5.40. The highest BCUT2D eigenvalue weighted by molar-refractivity contribution is 14.1. The molecule has 138 valence electrons. The average molecular weight is 460 g/mol. The highest BCUT2D eigenvalue weighted by Crippen LogP contribution is 2.44. The van der Waals surface area contributed by atoms with Gasteiger partial charge in [-0.15, -0.1) is 0 Å². The quantitative estimate of drug-likeness (QED) is 0.360. The van der Waals surface area contributed by atoms with E-state index in [1.807, 2.05) is 6.21 Å². The number of nitrogens with zero attached hydrogens (tertiary/aromatic N) is 2. The van der Waals surface area contributed by atoms with Crippen LogP contribution in [-0.4, -0.2) is 18.3 Å². The first-order chi connectivity index (χ1) is 12.3. The third kappa shape index (κ3) is 3.98. The van der Waals surface area contributed by atoms with E-state index in [2.05, 4.69) is 98.5 Å². The van der Waals surface area contributed by atoms with Gasteiger partial charge in [-0.25, -0.2) is 0 Å². The van der Waals surface area contributed by atoms with Crippen LogP contribution < -0.4 is 4.90 Å². The minimum Gasteiger partial charge on any atom is -0.366 e. The van der Waals surface area contributed by atoms with Crippen LogP contribution in [0.15, 0.2) is 41.4 Å². The van der Waals surface area contributed by atoms with Gasteiger partial charge in [-0.1, -0.05) is 13.8 Å². The molecular formula is C23H29IN2. The van der Waals surface area contributed by atoms with Gasteiger partial charge >= 0.3 is 0 Å². The van der Waals surface area contributed by atoms with Gasteiger partial charge in [0.2, 0.25) is 0 Å². The topological polar surface area (TPSA) is 15.6 Å².